The molecule has 3 amide bonds. The number of aromatic nitrogens is 2. The fourth-order valence-corrected chi connectivity index (χ4v) is 4.13. The van der Waals surface area contributed by atoms with Crippen molar-refractivity contribution >= 4 is 17.7 Å². The van der Waals surface area contributed by atoms with Gasteiger partial charge in [-0.3, -0.25) is 24.0 Å². The van der Waals surface area contributed by atoms with Crippen molar-refractivity contribution in [3.63, 3.8) is 0 Å². The third-order valence-electron chi connectivity index (χ3n) is 5.65. The Morgan fingerprint density at radius 2 is 1.68 bits per heavy atom. The number of hydrogen-bond acceptors (Lipinski definition) is 4. The maximum Gasteiger partial charge on any atom is 0.240 e. The van der Waals surface area contributed by atoms with Crippen LogP contribution >= 0.6 is 0 Å². The SMILES string of the molecule is O=C(CN1C(=O)[C@H]2CCCC[C@H]2C1=O)NCc1ccc(Cn2cccn2)cc1. The van der Waals surface area contributed by atoms with Crippen molar-refractivity contribution in [1.82, 2.24) is 20.0 Å². The van der Waals surface area contributed by atoms with E-state index in [-0.39, 0.29) is 36.1 Å². The lowest BCUT2D eigenvalue weighted by molar-refractivity contribution is -0.143. The normalized spacial score (nSPS) is 21.6. The minimum Gasteiger partial charge on any atom is -0.350 e. The zero-order chi connectivity index (χ0) is 19.5. The lowest BCUT2D eigenvalue weighted by Gasteiger charge is -2.19. The molecule has 2 aliphatic rings. The number of carbonyl (C=O) groups is 3. The topological polar surface area (TPSA) is 84.3 Å². The van der Waals surface area contributed by atoms with Gasteiger partial charge < -0.3 is 5.32 Å². The summed E-state index contributed by atoms with van der Waals surface area (Å²) < 4.78 is 1.85. The van der Waals surface area contributed by atoms with Crippen LogP contribution in [0.25, 0.3) is 0 Å². The maximum absolute atomic E-state index is 12.4. The molecule has 1 saturated heterocycles. The molecule has 4 rings (SSSR count). The highest BCUT2D eigenvalue weighted by atomic mass is 16.2. The van der Waals surface area contributed by atoms with E-state index in [1.807, 2.05) is 41.2 Å². The summed E-state index contributed by atoms with van der Waals surface area (Å²) in [4.78, 5) is 38.3. The number of hydrogen-bond donors (Lipinski definition) is 1. The largest absolute Gasteiger partial charge is 0.350 e. The zero-order valence-electron chi connectivity index (χ0n) is 15.7. The first-order chi connectivity index (χ1) is 13.6. The summed E-state index contributed by atoms with van der Waals surface area (Å²) in [5, 5.41) is 6.99. The van der Waals surface area contributed by atoms with Gasteiger partial charge in [0.05, 0.1) is 18.4 Å². The third kappa shape index (κ3) is 3.83. The summed E-state index contributed by atoms with van der Waals surface area (Å²) in [5.74, 6) is -1.07. The number of rotatable bonds is 6. The number of imide groups is 1. The van der Waals surface area contributed by atoms with Crippen LogP contribution in [0, 0.1) is 11.8 Å². The molecule has 0 radical (unpaired) electrons. The van der Waals surface area contributed by atoms with Gasteiger partial charge in [-0.05, 0) is 30.0 Å². The Kier molecular flexibility index (Phi) is 5.23. The number of nitrogens with one attached hydrogen (secondary N) is 1. The van der Waals surface area contributed by atoms with Crippen molar-refractivity contribution in [2.75, 3.05) is 6.54 Å². The van der Waals surface area contributed by atoms with Crippen LogP contribution in [0.4, 0.5) is 0 Å². The average Bonchev–Trinajstić information content (AvgIpc) is 3.31. The molecule has 146 valence electrons. The molecule has 2 fully saturated rings. The summed E-state index contributed by atoms with van der Waals surface area (Å²) in [6.45, 7) is 0.882. The quantitative estimate of drug-likeness (QED) is 0.774. The zero-order valence-corrected chi connectivity index (χ0v) is 15.7. The van der Waals surface area contributed by atoms with Gasteiger partial charge in [-0.1, -0.05) is 37.1 Å². The number of nitrogens with zero attached hydrogens (tertiary/aromatic N) is 3. The molecule has 1 aliphatic heterocycles. The van der Waals surface area contributed by atoms with Gasteiger partial charge in [-0.25, -0.2) is 0 Å². The van der Waals surface area contributed by atoms with E-state index in [9.17, 15) is 14.4 Å². The Labute approximate surface area is 163 Å². The van der Waals surface area contributed by atoms with Gasteiger partial charge in [0, 0.05) is 18.9 Å². The van der Waals surface area contributed by atoms with Gasteiger partial charge in [-0.2, -0.15) is 5.10 Å². The number of fused-ring (bicyclic) bond motifs is 1. The molecule has 2 atom stereocenters. The van der Waals surface area contributed by atoms with E-state index in [0.29, 0.717) is 13.1 Å². The van der Waals surface area contributed by atoms with Crippen LogP contribution in [0.1, 0.15) is 36.8 Å². The van der Waals surface area contributed by atoms with Gasteiger partial charge in [-0.15, -0.1) is 0 Å². The Morgan fingerprint density at radius 1 is 1.04 bits per heavy atom. The summed E-state index contributed by atoms with van der Waals surface area (Å²) in [6, 6.07) is 9.80. The average molecular weight is 380 g/mol. The monoisotopic (exact) mass is 380 g/mol. The van der Waals surface area contributed by atoms with Gasteiger partial charge in [0.1, 0.15) is 6.54 Å². The number of carbonyl (C=O) groups excluding carboxylic acids is 3. The van der Waals surface area contributed by atoms with Crippen LogP contribution in [0.15, 0.2) is 42.7 Å². The van der Waals surface area contributed by atoms with Crippen LogP contribution in [-0.2, 0) is 27.5 Å². The highest BCUT2D eigenvalue weighted by Crippen LogP contribution is 2.37. The summed E-state index contributed by atoms with van der Waals surface area (Å²) in [7, 11) is 0. The second kappa shape index (κ2) is 7.96. The summed E-state index contributed by atoms with van der Waals surface area (Å²) in [5.41, 5.74) is 2.08. The molecule has 1 N–H and O–H groups in total. The second-order valence-corrected chi connectivity index (χ2v) is 7.56. The fourth-order valence-electron chi connectivity index (χ4n) is 4.13. The van der Waals surface area contributed by atoms with Gasteiger partial charge in [0.2, 0.25) is 17.7 Å². The standard InChI is InChI=1S/C21H24N4O3/c26-19(14-25-20(27)17-4-1-2-5-18(17)21(25)28)22-12-15-6-8-16(9-7-15)13-24-11-3-10-23-24/h3,6-11,17-18H,1-2,4-5,12-14H2,(H,22,26)/t17-,18+. The molecule has 2 heterocycles. The van der Waals surface area contributed by atoms with Crippen LogP contribution < -0.4 is 5.32 Å². The van der Waals surface area contributed by atoms with E-state index >= 15 is 0 Å². The predicted octanol–water partition coefficient (Wildman–Crippen LogP) is 1.72. The van der Waals surface area contributed by atoms with E-state index < -0.39 is 0 Å². The molecular weight excluding hydrogens is 356 g/mol. The van der Waals surface area contributed by atoms with Gasteiger partial charge >= 0.3 is 0 Å². The number of likely N-dealkylation sites (tertiary alicyclic amines) is 1. The second-order valence-electron chi connectivity index (χ2n) is 7.56. The molecule has 1 aromatic carbocycles. The smallest absolute Gasteiger partial charge is 0.240 e. The minimum absolute atomic E-state index is 0.173. The van der Waals surface area contributed by atoms with Crippen LogP contribution in [0.3, 0.4) is 0 Å². The van der Waals surface area contributed by atoms with Gasteiger partial charge in [0.15, 0.2) is 0 Å². The minimum atomic E-state index is -0.305. The van der Waals surface area contributed by atoms with Gasteiger partial charge in [0.25, 0.3) is 0 Å². The Morgan fingerprint density at radius 3 is 2.29 bits per heavy atom. The highest BCUT2D eigenvalue weighted by molar-refractivity contribution is 6.07. The summed E-state index contributed by atoms with van der Waals surface area (Å²) >= 11 is 0. The highest BCUT2D eigenvalue weighted by Gasteiger charge is 2.48. The number of benzene rings is 1. The molecule has 7 heteroatoms. The first-order valence-electron chi connectivity index (χ1n) is 9.79. The van der Waals surface area contributed by atoms with E-state index in [4.69, 9.17) is 0 Å². The molecule has 1 aliphatic carbocycles. The molecule has 0 bridgehead atoms. The van der Waals surface area contributed by atoms with Crippen molar-refractivity contribution in [3.8, 4) is 0 Å². The Balaban J connectivity index is 1.28. The predicted molar refractivity (Wildman–Crippen MR) is 102 cm³/mol. The fraction of sp³-hybridized carbons (Fsp3) is 0.429. The molecule has 0 spiro atoms. The molecule has 7 nitrogen and oxygen atoms in total. The van der Waals surface area contributed by atoms with E-state index in [0.717, 1.165) is 41.7 Å². The van der Waals surface area contributed by atoms with Crippen LogP contribution in [-0.4, -0.2) is 38.9 Å². The molecule has 1 aromatic heterocycles. The van der Waals surface area contributed by atoms with Crippen molar-refractivity contribution in [1.29, 1.82) is 0 Å². The number of amides is 3. The van der Waals surface area contributed by atoms with Crippen molar-refractivity contribution in [2.24, 2.45) is 11.8 Å². The lowest BCUT2D eigenvalue weighted by atomic mass is 9.81. The lowest BCUT2D eigenvalue weighted by Crippen LogP contribution is -2.40. The molecule has 2 aromatic rings. The van der Waals surface area contributed by atoms with Crippen LogP contribution in [0.5, 0.6) is 0 Å². The molecule has 28 heavy (non-hydrogen) atoms. The Bertz CT molecular complexity index is 836. The maximum atomic E-state index is 12.4. The molecule has 0 unspecified atom stereocenters. The van der Waals surface area contributed by atoms with E-state index in [2.05, 4.69) is 10.4 Å². The summed E-state index contributed by atoms with van der Waals surface area (Å²) in [6.07, 6.45) is 7.14. The molecule has 1 saturated carbocycles. The molecular formula is C21H24N4O3. The van der Waals surface area contributed by atoms with E-state index in [1.54, 1.807) is 6.20 Å². The third-order valence-corrected chi connectivity index (χ3v) is 5.65. The van der Waals surface area contributed by atoms with Crippen molar-refractivity contribution in [3.05, 3.63) is 53.9 Å². The first kappa shape index (κ1) is 18.4. The van der Waals surface area contributed by atoms with Crippen molar-refractivity contribution in [2.45, 2.75) is 38.8 Å². The first-order valence-corrected chi connectivity index (χ1v) is 9.79. The van der Waals surface area contributed by atoms with E-state index in [1.165, 1.54) is 0 Å². The van der Waals surface area contributed by atoms with Crippen molar-refractivity contribution < 1.29 is 14.4 Å². The van der Waals surface area contributed by atoms with Crippen LogP contribution in [0.2, 0.25) is 0 Å². The Hall–Kier alpha value is -2.96.